The van der Waals surface area contributed by atoms with Crippen LogP contribution in [0.5, 0.6) is 0 Å². The first-order valence-electron chi connectivity index (χ1n) is 10.2. The quantitative estimate of drug-likeness (QED) is 0.257. The Balaban J connectivity index is 0.00000259. The molecule has 0 saturated heterocycles. The molecule has 0 saturated carbocycles. The van der Waals surface area contributed by atoms with Gasteiger partial charge in [-0.25, -0.2) is 9.67 Å². The predicted molar refractivity (Wildman–Crippen MR) is 139 cm³/mol. The molecule has 0 spiro atoms. The van der Waals surface area contributed by atoms with Crippen LogP contribution in [0.15, 0.2) is 85.2 Å². The Kier molecular flexibility index (Phi) is 6.61. The highest BCUT2D eigenvalue weighted by Crippen LogP contribution is 2.38. The van der Waals surface area contributed by atoms with E-state index in [4.69, 9.17) is 33.3 Å². The highest BCUT2D eigenvalue weighted by Gasteiger charge is 2.24. The van der Waals surface area contributed by atoms with E-state index in [0.29, 0.717) is 10.0 Å². The molecule has 166 valence electrons. The first kappa shape index (κ1) is 23.1. The number of rotatable bonds is 4. The Labute approximate surface area is 208 Å². The number of hydrogen-bond donors (Lipinski definition) is 0. The topological polar surface area (TPSA) is 35.6 Å². The molecule has 2 aromatic heterocycles. The van der Waals surface area contributed by atoms with Crippen LogP contribution in [0.2, 0.25) is 10.0 Å². The number of nitrogens with zero attached hydrogens (tertiary/aromatic N) is 4. The largest absolute Gasteiger partial charge is 0.333 e. The first-order valence-corrected chi connectivity index (χ1v) is 11.0. The Bertz CT molecular complexity index is 1400. The van der Waals surface area contributed by atoms with Gasteiger partial charge in [0, 0.05) is 28.8 Å². The van der Waals surface area contributed by atoms with Crippen LogP contribution in [-0.2, 0) is 7.05 Å². The Morgan fingerprint density at radius 3 is 2.06 bits per heavy atom. The van der Waals surface area contributed by atoms with E-state index in [2.05, 4.69) is 19.1 Å². The molecule has 0 atom stereocenters. The van der Waals surface area contributed by atoms with Crippen LogP contribution in [-0.4, -0.2) is 19.3 Å². The third kappa shape index (κ3) is 4.18. The minimum Gasteiger partial charge on any atom is -0.333 e. The number of benzene rings is 3. The molecule has 0 fully saturated rings. The minimum atomic E-state index is 0. The van der Waals surface area contributed by atoms with E-state index in [0.717, 1.165) is 45.2 Å². The molecule has 0 radical (unpaired) electrons. The van der Waals surface area contributed by atoms with Gasteiger partial charge in [-0.1, -0.05) is 77.8 Å². The lowest BCUT2D eigenvalue weighted by atomic mass is 10.0. The number of halogens is 3. The zero-order chi connectivity index (χ0) is 22.2. The van der Waals surface area contributed by atoms with Crippen molar-refractivity contribution in [2.24, 2.45) is 7.05 Å². The van der Waals surface area contributed by atoms with E-state index in [-0.39, 0.29) is 12.4 Å². The lowest BCUT2D eigenvalue weighted by molar-refractivity contribution is 0.890. The molecule has 2 heterocycles. The second-order valence-electron chi connectivity index (χ2n) is 7.61. The van der Waals surface area contributed by atoms with Gasteiger partial charge in [-0.3, -0.25) is 0 Å². The maximum atomic E-state index is 6.58. The molecule has 0 bridgehead atoms. The summed E-state index contributed by atoms with van der Waals surface area (Å²) in [5, 5.41) is 6.35. The van der Waals surface area contributed by atoms with Crippen molar-refractivity contribution in [2.45, 2.75) is 6.92 Å². The molecule has 5 aromatic rings. The Morgan fingerprint density at radius 2 is 1.36 bits per heavy atom. The normalized spacial score (nSPS) is 10.8. The summed E-state index contributed by atoms with van der Waals surface area (Å²) in [6.07, 6.45) is 1.83. The molecule has 0 aliphatic heterocycles. The molecule has 7 heteroatoms. The lowest BCUT2D eigenvalue weighted by Gasteiger charge is -2.10. The molecule has 5 rings (SSSR count). The van der Waals surface area contributed by atoms with Crippen molar-refractivity contribution in [2.75, 3.05) is 0 Å². The van der Waals surface area contributed by atoms with Crippen LogP contribution < -0.4 is 0 Å². The molecule has 0 aliphatic rings. The molecule has 4 nitrogen and oxygen atoms in total. The fraction of sp³-hybridized carbons (Fsp3) is 0.0769. The summed E-state index contributed by atoms with van der Waals surface area (Å²) in [7, 11) is 2.00. The molecule has 3 aromatic carbocycles. The minimum absolute atomic E-state index is 0. The van der Waals surface area contributed by atoms with Crippen LogP contribution in [0.25, 0.3) is 39.6 Å². The summed E-state index contributed by atoms with van der Waals surface area (Å²) in [5.41, 5.74) is 7.53. The van der Waals surface area contributed by atoms with Crippen molar-refractivity contribution >= 4 is 35.6 Å². The van der Waals surface area contributed by atoms with Gasteiger partial charge < -0.3 is 4.57 Å². The van der Waals surface area contributed by atoms with Crippen molar-refractivity contribution < 1.29 is 0 Å². The van der Waals surface area contributed by atoms with E-state index in [1.165, 1.54) is 0 Å². The summed E-state index contributed by atoms with van der Waals surface area (Å²) in [5.74, 6) is 0. The van der Waals surface area contributed by atoms with Gasteiger partial charge in [-0.15, -0.1) is 12.4 Å². The van der Waals surface area contributed by atoms with Crippen molar-refractivity contribution in [3.8, 4) is 39.6 Å². The SMILES string of the molecule is Cc1c(-c2ncn(C)c2-c2ccccc2)nn(-c2ccccc2Cl)c1-c1ccc(Cl)cc1.Cl. The van der Waals surface area contributed by atoms with Crippen LogP contribution in [0.4, 0.5) is 0 Å². The fourth-order valence-electron chi connectivity index (χ4n) is 4.01. The standard InChI is InChI=1S/C26H20Cl2N4.ClH/c1-17-23(24-26(31(2)16-29-24)18-8-4-3-5-9-18)30-32(22-11-7-6-10-21(22)28)25(17)19-12-14-20(27)15-13-19;/h3-16H,1-2H3;1H. The third-order valence-corrected chi connectivity index (χ3v) is 6.10. The maximum Gasteiger partial charge on any atom is 0.117 e. The first-order chi connectivity index (χ1) is 15.5. The monoisotopic (exact) mass is 494 g/mol. The van der Waals surface area contributed by atoms with Crippen molar-refractivity contribution in [3.05, 3.63) is 101 Å². The average Bonchev–Trinajstić information content (AvgIpc) is 3.35. The highest BCUT2D eigenvalue weighted by atomic mass is 35.5. The van der Waals surface area contributed by atoms with Gasteiger partial charge in [-0.05, 0) is 31.2 Å². The maximum absolute atomic E-state index is 6.58. The summed E-state index contributed by atoms with van der Waals surface area (Å²) in [6.45, 7) is 2.07. The van der Waals surface area contributed by atoms with Gasteiger partial charge in [0.15, 0.2) is 0 Å². The van der Waals surface area contributed by atoms with Crippen LogP contribution in [0, 0.1) is 6.92 Å². The highest BCUT2D eigenvalue weighted by molar-refractivity contribution is 6.32. The van der Waals surface area contributed by atoms with E-state index in [9.17, 15) is 0 Å². The van der Waals surface area contributed by atoms with E-state index in [1.54, 1.807) is 0 Å². The van der Waals surface area contributed by atoms with Crippen molar-refractivity contribution in [3.63, 3.8) is 0 Å². The number of imidazole rings is 1. The van der Waals surface area contributed by atoms with E-state index >= 15 is 0 Å². The van der Waals surface area contributed by atoms with Gasteiger partial charge in [0.25, 0.3) is 0 Å². The molecule has 33 heavy (non-hydrogen) atoms. The van der Waals surface area contributed by atoms with Crippen molar-refractivity contribution in [1.29, 1.82) is 0 Å². The summed E-state index contributed by atoms with van der Waals surface area (Å²) in [6, 6.07) is 25.7. The second-order valence-corrected chi connectivity index (χ2v) is 8.45. The molecular formula is C26H21Cl3N4. The van der Waals surface area contributed by atoms with Gasteiger partial charge in [0.05, 0.1) is 28.4 Å². The van der Waals surface area contributed by atoms with Gasteiger partial charge >= 0.3 is 0 Å². The van der Waals surface area contributed by atoms with Crippen molar-refractivity contribution in [1.82, 2.24) is 19.3 Å². The van der Waals surface area contributed by atoms with Gasteiger partial charge in [0.1, 0.15) is 11.4 Å². The zero-order valence-corrected chi connectivity index (χ0v) is 20.4. The molecule has 0 aliphatic carbocycles. The molecule has 0 unspecified atom stereocenters. The summed E-state index contributed by atoms with van der Waals surface area (Å²) in [4.78, 5) is 4.73. The smallest absolute Gasteiger partial charge is 0.117 e. The molecule has 0 amide bonds. The molecular weight excluding hydrogens is 475 g/mol. The Hall–Kier alpha value is -3.05. The fourth-order valence-corrected chi connectivity index (χ4v) is 4.35. The number of aromatic nitrogens is 4. The average molecular weight is 496 g/mol. The van der Waals surface area contributed by atoms with Crippen LogP contribution in [0.3, 0.4) is 0 Å². The number of hydrogen-bond acceptors (Lipinski definition) is 2. The third-order valence-electron chi connectivity index (χ3n) is 5.53. The van der Waals surface area contributed by atoms with E-state index in [1.807, 2.05) is 89.4 Å². The summed E-state index contributed by atoms with van der Waals surface area (Å²) < 4.78 is 3.93. The summed E-state index contributed by atoms with van der Waals surface area (Å²) >= 11 is 12.7. The zero-order valence-electron chi connectivity index (χ0n) is 18.0. The van der Waals surface area contributed by atoms with Crippen LogP contribution >= 0.6 is 35.6 Å². The van der Waals surface area contributed by atoms with Gasteiger partial charge in [0.2, 0.25) is 0 Å². The Morgan fingerprint density at radius 1 is 0.727 bits per heavy atom. The molecule has 0 N–H and O–H groups in total. The predicted octanol–water partition coefficient (Wildman–Crippen LogP) is 7.64. The number of aryl methyl sites for hydroxylation is 1. The van der Waals surface area contributed by atoms with E-state index < -0.39 is 0 Å². The lowest BCUT2D eigenvalue weighted by Crippen LogP contribution is -2.00. The second kappa shape index (κ2) is 9.44. The van der Waals surface area contributed by atoms with Crippen LogP contribution in [0.1, 0.15) is 5.56 Å². The van der Waals surface area contributed by atoms with Gasteiger partial charge in [-0.2, -0.15) is 5.10 Å². The number of para-hydroxylation sites is 1.